The minimum atomic E-state index is 0.367. The van der Waals surface area contributed by atoms with E-state index in [1.807, 2.05) is 0 Å². The maximum atomic E-state index is 5.20. The largest absolute Gasteiger partial charge is 0.385 e. The fourth-order valence-corrected chi connectivity index (χ4v) is 2.46. The molecule has 1 heterocycles. The van der Waals surface area contributed by atoms with Crippen LogP contribution in [0.5, 0.6) is 0 Å². The van der Waals surface area contributed by atoms with Crippen molar-refractivity contribution >= 4 is 0 Å². The van der Waals surface area contributed by atoms with Crippen LogP contribution in [0.25, 0.3) is 0 Å². The molecule has 0 aromatic rings. The van der Waals surface area contributed by atoms with Crippen LogP contribution in [0.15, 0.2) is 0 Å². The van der Waals surface area contributed by atoms with E-state index in [1.54, 1.807) is 7.11 Å². The standard InChI is InChI=1S/C14H30N2O/c1-13-6-10-16(9-5-8-15-13)12-14(2,3)7-11-17-4/h13,15H,5-12H2,1-4H3. The van der Waals surface area contributed by atoms with E-state index in [0.717, 1.165) is 19.6 Å². The Bertz CT molecular complexity index is 206. The van der Waals surface area contributed by atoms with E-state index in [1.165, 1.54) is 32.5 Å². The topological polar surface area (TPSA) is 24.5 Å². The van der Waals surface area contributed by atoms with Gasteiger partial charge in [-0.1, -0.05) is 13.8 Å². The molecule has 0 aliphatic carbocycles. The number of hydrogen-bond acceptors (Lipinski definition) is 3. The van der Waals surface area contributed by atoms with Gasteiger partial charge < -0.3 is 15.0 Å². The predicted molar refractivity (Wildman–Crippen MR) is 73.4 cm³/mol. The number of nitrogens with one attached hydrogen (secondary N) is 1. The van der Waals surface area contributed by atoms with Crippen molar-refractivity contribution in [3.8, 4) is 0 Å². The highest BCUT2D eigenvalue weighted by Crippen LogP contribution is 2.22. The molecule has 1 aliphatic heterocycles. The molecule has 0 amide bonds. The fourth-order valence-electron chi connectivity index (χ4n) is 2.46. The highest BCUT2D eigenvalue weighted by Gasteiger charge is 2.22. The lowest BCUT2D eigenvalue weighted by Gasteiger charge is -2.34. The van der Waals surface area contributed by atoms with Crippen LogP contribution in [-0.2, 0) is 4.74 Å². The van der Waals surface area contributed by atoms with E-state index in [2.05, 4.69) is 31.0 Å². The molecule has 0 spiro atoms. The smallest absolute Gasteiger partial charge is 0.0467 e. The van der Waals surface area contributed by atoms with Gasteiger partial charge in [-0.15, -0.1) is 0 Å². The Morgan fingerprint density at radius 1 is 1.35 bits per heavy atom. The van der Waals surface area contributed by atoms with Crippen molar-refractivity contribution in [3.63, 3.8) is 0 Å². The van der Waals surface area contributed by atoms with Gasteiger partial charge in [-0.3, -0.25) is 0 Å². The molecule has 1 N–H and O–H groups in total. The SMILES string of the molecule is COCCC(C)(C)CN1CCCNC(C)CC1. The first kappa shape index (κ1) is 14.9. The zero-order valence-electron chi connectivity index (χ0n) is 12.1. The van der Waals surface area contributed by atoms with Crippen LogP contribution >= 0.6 is 0 Å². The summed E-state index contributed by atoms with van der Waals surface area (Å²) in [5.41, 5.74) is 0.367. The van der Waals surface area contributed by atoms with E-state index in [0.29, 0.717) is 11.5 Å². The first-order chi connectivity index (χ1) is 8.03. The second-order valence-corrected chi connectivity index (χ2v) is 6.18. The van der Waals surface area contributed by atoms with Crippen LogP contribution < -0.4 is 5.32 Å². The van der Waals surface area contributed by atoms with Crippen molar-refractivity contribution in [3.05, 3.63) is 0 Å². The Hall–Kier alpha value is -0.120. The minimum absolute atomic E-state index is 0.367. The molecular weight excluding hydrogens is 212 g/mol. The average Bonchev–Trinajstić information content (AvgIpc) is 2.26. The summed E-state index contributed by atoms with van der Waals surface area (Å²) in [7, 11) is 1.79. The van der Waals surface area contributed by atoms with Crippen molar-refractivity contribution in [1.29, 1.82) is 0 Å². The maximum absolute atomic E-state index is 5.20. The lowest BCUT2D eigenvalue weighted by molar-refractivity contribution is 0.110. The van der Waals surface area contributed by atoms with Gasteiger partial charge in [0.2, 0.25) is 0 Å². The number of ether oxygens (including phenoxy) is 1. The Labute approximate surface area is 107 Å². The molecule has 0 saturated carbocycles. The van der Waals surface area contributed by atoms with Crippen molar-refractivity contribution in [2.45, 2.75) is 46.1 Å². The summed E-state index contributed by atoms with van der Waals surface area (Å²) in [6, 6.07) is 0.667. The van der Waals surface area contributed by atoms with Crippen LogP contribution in [0.2, 0.25) is 0 Å². The third kappa shape index (κ3) is 6.39. The molecule has 1 saturated heterocycles. The summed E-state index contributed by atoms with van der Waals surface area (Å²) in [6.45, 7) is 12.7. The van der Waals surface area contributed by atoms with Crippen molar-refractivity contribution < 1.29 is 4.74 Å². The van der Waals surface area contributed by atoms with E-state index in [-0.39, 0.29) is 0 Å². The van der Waals surface area contributed by atoms with Crippen LogP contribution in [-0.4, -0.2) is 50.8 Å². The molecule has 0 bridgehead atoms. The molecule has 0 aromatic carbocycles. The van der Waals surface area contributed by atoms with Gasteiger partial charge in [0.05, 0.1) is 0 Å². The Kier molecular flexibility index (Phi) is 6.45. The molecule has 3 nitrogen and oxygen atoms in total. The van der Waals surface area contributed by atoms with Crippen molar-refractivity contribution in [2.75, 3.05) is 39.9 Å². The zero-order valence-corrected chi connectivity index (χ0v) is 12.1. The number of hydrogen-bond donors (Lipinski definition) is 1. The van der Waals surface area contributed by atoms with Gasteiger partial charge in [-0.2, -0.15) is 0 Å². The lowest BCUT2D eigenvalue weighted by Crippen LogP contribution is -2.42. The highest BCUT2D eigenvalue weighted by atomic mass is 16.5. The van der Waals surface area contributed by atoms with Gasteiger partial charge in [0.25, 0.3) is 0 Å². The minimum Gasteiger partial charge on any atom is -0.385 e. The summed E-state index contributed by atoms with van der Waals surface area (Å²) in [6.07, 6.45) is 3.68. The molecule has 102 valence electrons. The number of methoxy groups -OCH3 is 1. The van der Waals surface area contributed by atoms with Gasteiger partial charge in [0.1, 0.15) is 0 Å². The molecule has 1 rings (SSSR count). The Morgan fingerprint density at radius 3 is 2.82 bits per heavy atom. The second kappa shape index (κ2) is 7.34. The van der Waals surface area contributed by atoms with Gasteiger partial charge in [-0.05, 0) is 51.2 Å². The third-order valence-corrected chi connectivity index (χ3v) is 3.66. The monoisotopic (exact) mass is 242 g/mol. The van der Waals surface area contributed by atoms with E-state index in [4.69, 9.17) is 4.74 Å². The molecule has 0 radical (unpaired) electrons. The van der Waals surface area contributed by atoms with Crippen molar-refractivity contribution in [2.24, 2.45) is 5.41 Å². The van der Waals surface area contributed by atoms with Crippen molar-refractivity contribution in [1.82, 2.24) is 10.2 Å². The predicted octanol–water partition coefficient (Wildman–Crippen LogP) is 2.12. The summed E-state index contributed by atoms with van der Waals surface area (Å²) in [5, 5.41) is 3.56. The summed E-state index contributed by atoms with van der Waals surface area (Å²) in [4.78, 5) is 2.63. The number of nitrogens with zero attached hydrogens (tertiary/aromatic N) is 1. The molecule has 1 unspecified atom stereocenters. The fraction of sp³-hybridized carbons (Fsp3) is 1.00. The lowest BCUT2D eigenvalue weighted by atomic mass is 9.88. The third-order valence-electron chi connectivity index (χ3n) is 3.66. The normalized spacial score (nSPS) is 24.4. The van der Waals surface area contributed by atoms with E-state index >= 15 is 0 Å². The Balaban J connectivity index is 2.36. The zero-order chi connectivity index (χ0) is 12.7. The van der Waals surface area contributed by atoms with Gasteiger partial charge in [0, 0.05) is 26.3 Å². The van der Waals surface area contributed by atoms with Crippen LogP contribution in [0.3, 0.4) is 0 Å². The van der Waals surface area contributed by atoms with Crippen LogP contribution in [0.1, 0.15) is 40.0 Å². The van der Waals surface area contributed by atoms with Crippen LogP contribution in [0, 0.1) is 5.41 Å². The maximum Gasteiger partial charge on any atom is 0.0467 e. The summed E-state index contributed by atoms with van der Waals surface area (Å²) in [5.74, 6) is 0. The highest BCUT2D eigenvalue weighted by molar-refractivity contribution is 4.77. The van der Waals surface area contributed by atoms with Gasteiger partial charge in [-0.25, -0.2) is 0 Å². The first-order valence-corrected chi connectivity index (χ1v) is 6.98. The van der Waals surface area contributed by atoms with Gasteiger partial charge in [0.15, 0.2) is 0 Å². The number of rotatable bonds is 5. The first-order valence-electron chi connectivity index (χ1n) is 6.98. The molecule has 17 heavy (non-hydrogen) atoms. The Morgan fingerprint density at radius 2 is 2.12 bits per heavy atom. The average molecular weight is 242 g/mol. The molecule has 0 aromatic heterocycles. The quantitative estimate of drug-likeness (QED) is 0.799. The van der Waals surface area contributed by atoms with Gasteiger partial charge >= 0.3 is 0 Å². The van der Waals surface area contributed by atoms with E-state index < -0.39 is 0 Å². The summed E-state index contributed by atoms with van der Waals surface area (Å²) < 4.78 is 5.20. The molecule has 1 aliphatic rings. The molecular formula is C14H30N2O. The molecule has 1 atom stereocenters. The summed E-state index contributed by atoms with van der Waals surface area (Å²) >= 11 is 0. The molecule has 1 fully saturated rings. The molecule has 3 heteroatoms. The van der Waals surface area contributed by atoms with E-state index in [9.17, 15) is 0 Å². The van der Waals surface area contributed by atoms with Crippen LogP contribution in [0.4, 0.5) is 0 Å². The second-order valence-electron chi connectivity index (χ2n) is 6.18.